The smallest absolute Gasteiger partial charge is 0.264 e. The van der Waals surface area contributed by atoms with E-state index in [2.05, 4.69) is 21.8 Å². The van der Waals surface area contributed by atoms with Crippen LogP contribution in [0.2, 0.25) is 5.02 Å². The molecule has 1 N–H and O–H groups in total. The predicted molar refractivity (Wildman–Crippen MR) is 182 cm³/mol. The summed E-state index contributed by atoms with van der Waals surface area (Å²) in [4.78, 5) is 28.2. The first kappa shape index (κ1) is 34.0. The van der Waals surface area contributed by atoms with Crippen LogP contribution >= 0.6 is 11.6 Å². The molecule has 2 aliphatic carbocycles. The lowest BCUT2D eigenvalue weighted by Gasteiger charge is -2.46. The van der Waals surface area contributed by atoms with Crippen LogP contribution in [0.4, 0.5) is 5.69 Å². The fourth-order valence-corrected chi connectivity index (χ4v) is 9.19. The summed E-state index contributed by atoms with van der Waals surface area (Å²) in [6.45, 7) is 5.26. The van der Waals surface area contributed by atoms with Gasteiger partial charge in [-0.2, -0.15) is 0 Å². The maximum Gasteiger partial charge on any atom is 0.264 e. The number of nitrogens with zero attached hydrogens (tertiary/aromatic N) is 1. The van der Waals surface area contributed by atoms with E-state index in [4.69, 9.17) is 25.8 Å². The first-order chi connectivity index (χ1) is 22.5. The van der Waals surface area contributed by atoms with Gasteiger partial charge in [0.2, 0.25) is 10.0 Å². The Bertz CT molecular complexity index is 1650. The normalized spacial score (nSPS) is 30.9. The molecule has 1 spiro atoms. The molecule has 11 heteroatoms. The molecule has 2 bridgehead atoms. The number of hydrogen-bond acceptors (Lipinski definition) is 8. The van der Waals surface area contributed by atoms with Crippen molar-refractivity contribution in [2.75, 3.05) is 44.9 Å². The molecular weight excluding hydrogens is 640 g/mol. The van der Waals surface area contributed by atoms with Gasteiger partial charge >= 0.3 is 0 Å². The van der Waals surface area contributed by atoms with Crippen LogP contribution in [0.15, 0.2) is 48.6 Å². The Labute approximate surface area is 283 Å². The summed E-state index contributed by atoms with van der Waals surface area (Å²) in [6, 6.07) is 11.4. The highest BCUT2D eigenvalue weighted by molar-refractivity contribution is 7.90. The molecule has 9 nitrogen and oxygen atoms in total. The number of rotatable bonds is 5. The van der Waals surface area contributed by atoms with Crippen LogP contribution in [-0.2, 0) is 36.1 Å². The second-order valence-electron chi connectivity index (χ2n) is 13.9. The van der Waals surface area contributed by atoms with Gasteiger partial charge in [-0.1, -0.05) is 36.7 Å². The minimum atomic E-state index is -3.97. The number of sulfonamides is 1. The van der Waals surface area contributed by atoms with Gasteiger partial charge < -0.3 is 19.1 Å². The number of amides is 1. The highest BCUT2D eigenvalue weighted by atomic mass is 35.5. The van der Waals surface area contributed by atoms with Crippen molar-refractivity contribution in [2.24, 2.45) is 17.8 Å². The van der Waals surface area contributed by atoms with Crippen molar-refractivity contribution in [3.05, 3.63) is 70.3 Å². The van der Waals surface area contributed by atoms with Gasteiger partial charge in [0, 0.05) is 36.2 Å². The van der Waals surface area contributed by atoms with Gasteiger partial charge in [0.15, 0.2) is 5.78 Å². The molecule has 2 aliphatic heterocycles. The molecule has 1 saturated carbocycles. The molecule has 47 heavy (non-hydrogen) atoms. The molecule has 0 unspecified atom stereocenters. The molecule has 0 aromatic heterocycles. The minimum absolute atomic E-state index is 0.00960. The number of carbonyl (C=O) groups excluding carboxylic acids is 2. The maximum atomic E-state index is 13.5. The number of aryl methyl sites for hydroxylation is 1. The van der Waals surface area contributed by atoms with Crippen molar-refractivity contribution in [3.8, 4) is 5.75 Å². The molecular formula is C36H45ClN2O7S. The number of hydrogen-bond donors (Lipinski definition) is 1. The van der Waals surface area contributed by atoms with Gasteiger partial charge in [0.1, 0.15) is 19.0 Å². The summed E-state index contributed by atoms with van der Waals surface area (Å²) < 4.78 is 46.9. The van der Waals surface area contributed by atoms with Crippen LogP contribution < -0.4 is 14.4 Å². The van der Waals surface area contributed by atoms with Gasteiger partial charge in [-0.05, 0) is 105 Å². The Morgan fingerprint density at radius 1 is 1.15 bits per heavy atom. The van der Waals surface area contributed by atoms with Crippen molar-refractivity contribution < 1.29 is 32.2 Å². The highest BCUT2D eigenvalue weighted by Crippen LogP contribution is 2.47. The predicted octanol–water partition coefficient (Wildman–Crippen LogP) is 5.48. The van der Waals surface area contributed by atoms with E-state index < -0.39 is 21.2 Å². The molecule has 2 heterocycles. The second kappa shape index (κ2) is 13.9. The monoisotopic (exact) mass is 684 g/mol. The lowest BCUT2D eigenvalue weighted by atomic mass is 9.68. The average Bonchev–Trinajstić information content (AvgIpc) is 3.17. The molecule has 0 saturated heterocycles. The topological polar surface area (TPSA) is 111 Å². The van der Waals surface area contributed by atoms with Crippen LogP contribution in [0.25, 0.3) is 0 Å². The fraction of sp³-hybridized carbons (Fsp3) is 0.556. The van der Waals surface area contributed by atoms with Gasteiger partial charge in [0.05, 0.1) is 23.6 Å². The molecule has 2 aromatic rings. The lowest BCUT2D eigenvalue weighted by molar-refractivity contribution is -0.130. The highest BCUT2D eigenvalue weighted by Gasteiger charge is 2.44. The summed E-state index contributed by atoms with van der Waals surface area (Å²) in [5.41, 5.74) is 3.23. The van der Waals surface area contributed by atoms with Crippen molar-refractivity contribution >= 4 is 39.0 Å². The Balaban J connectivity index is 1.40. The zero-order valence-electron chi connectivity index (χ0n) is 27.4. The molecule has 0 radical (unpaired) electrons. The van der Waals surface area contributed by atoms with Gasteiger partial charge in [0.25, 0.3) is 5.91 Å². The van der Waals surface area contributed by atoms with E-state index in [-0.39, 0.29) is 53.8 Å². The lowest BCUT2D eigenvalue weighted by Crippen LogP contribution is -2.50. The third-order valence-corrected chi connectivity index (χ3v) is 12.9. The summed E-state index contributed by atoms with van der Waals surface area (Å²) in [7, 11) is -2.47. The Morgan fingerprint density at radius 2 is 1.98 bits per heavy atom. The van der Waals surface area contributed by atoms with Crippen LogP contribution in [0.1, 0.15) is 67.4 Å². The van der Waals surface area contributed by atoms with Gasteiger partial charge in [-0.15, -0.1) is 0 Å². The number of halogens is 1. The number of nitrogens with one attached hydrogen (secondary N) is 1. The summed E-state index contributed by atoms with van der Waals surface area (Å²) in [6.07, 6.45) is 8.99. The number of ether oxygens (including phenoxy) is 3. The molecule has 1 amide bonds. The molecule has 6 rings (SSSR count). The van der Waals surface area contributed by atoms with E-state index in [1.165, 1.54) is 18.2 Å². The largest absolute Gasteiger partial charge is 0.490 e. The third-order valence-electron chi connectivity index (χ3n) is 10.8. The zero-order valence-corrected chi connectivity index (χ0v) is 28.9. The van der Waals surface area contributed by atoms with E-state index in [9.17, 15) is 18.0 Å². The maximum absolute atomic E-state index is 13.5. The van der Waals surface area contributed by atoms with Crippen LogP contribution in [0, 0.1) is 17.8 Å². The number of carbonyl (C=O) groups is 2. The molecule has 4 aliphatic rings. The first-order valence-corrected chi connectivity index (χ1v) is 18.6. The average molecular weight is 685 g/mol. The van der Waals surface area contributed by atoms with Crippen molar-refractivity contribution in [1.82, 2.24) is 4.72 Å². The van der Waals surface area contributed by atoms with E-state index in [0.29, 0.717) is 31.9 Å². The van der Waals surface area contributed by atoms with E-state index in [0.717, 1.165) is 42.8 Å². The molecule has 254 valence electrons. The number of benzene rings is 2. The van der Waals surface area contributed by atoms with Crippen molar-refractivity contribution in [3.63, 3.8) is 0 Å². The standard InChI is InChI=1S/C36H45ClN2O7S/c1-23-6-4-8-33(45-20-29(40)19-44-3)30-12-9-27(30)18-39-21-36(15-5-7-25-16-28(37)11-13-31(25)36)22-46-34-14-10-26(17-32(34)39)35(41)38-47(42,43)24(23)2/h4,8,10-11,13-14,16-17,23-24,27,30,33H,5-7,9,12,15,18-22H2,1-3H3,(H,38,41)/b8-4+/t23-,24+,27-,30+,33-,36-/m0/s1. The summed E-state index contributed by atoms with van der Waals surface area (Å²) in [5.74, 6) is 0.0506. The van der Waals surface area contributed by atoms with Crippen molar-refractivity contribution in [1.29, 1.82) is 0 Å². The number of Topliss-reactive ketones (excluding diaryl/α,β-unsaturated/α-hetero) is 1. The SMILES string of the molecule is COCC(=O)CO[C@H]1/C=C/C[C@H](C)[C@@H](C)S(=O)(=O)NC(=O)c2ccc3c(c2)N(C[C@@H]2CC[C@H]21)C[C@@]1(CCCc2cc(Cl)ccc21)CO3. The third kappa shape index (κ3) is 7.12. The van der Waals surface area contributed by atoms with Crippen LogP contribution in [0.3, 0.4) is 0 Å². The van der Waals surface area contributed by atoms with Crippen LogP contribution in [0.5, 0.6) is 5.75 Å². The Hall–Kier alpha value is -2.92. The van der Waals surface area contributed by atoms with E-state index in [1.54, 1.807) is 25.1 Å². The first-order valence-electron chi connectivity index (χ1n) is 16.7. The van der Waals surface area contributed by atoms with Gasteiger partial charge in [-0.25, -0.2) is 13.1 Å². The quantitative estimate of drug-likeness (QED) is 0.412. The zero-order chi connectivity index (χ0) is 33.3. The number of ketones is 1. The molecule has 2 aromatic carbocycles. The van der Waals surface area contributed by atoms with Gasteiger partial charge in [-0.3, -0.25) is 9.59 Å². The molecule has 6 atom stereocenters. The number of methoxy groups -OCH3 is 1. The number of allylic oxidation sites excluding steroid dienone is 1. The van der Waals surface area contributed by atoms with Crippen LogP contribution in [-0.4, -0.2) is 71.5 Å². The summed E-state index contributed by atoms with van der Waals surface area (Å²) >= 11 is 6.42. The second-order valence-corrected chi connectivity index (χ2v) is 16.3. The minimum Gasteiger partial charge on any atom is -0.490 e. The fourth-order valence-electron chi connectivity index (χ4n) is 7.71. The van der Waals surface area contributed by atoms with E-state index in [1.807, 2.05) is 25.1 Å². The Kier molecular flexibility index (Phi) is 10.0. The number of fused-ring (bicyclic) bond motifs is 4. The van der Waals surface area contributed by atoms with Crippen molar-refractivity contribution in [2.45, 2.75) is 69.1 Å². The number of anilines is 1. The molecule has 1 fully saturated rings. The van der Waals surface area contributed by atoms with E-state index >= 15 is 0 Å². The Morgan fingerprint density at radius 3 is 2.74 bits per heavy atom. The summed E-state index contributed by atoms with van der Waals surface area (Å²) in [5, 5.41) is -0.0955.